The lowest BCUT2D eigenvalue weighted by molar-refractivity contribution is 0.101. The molecule has 0 heterocycles. The summed E-state index contributed by atoms with van der Waals surface area (Å²) < 4.78 is 5.64. The van der Waals surface area contributed by atoms with E-state index in [0.717, 1.165) is 41.9 Å². The van der Waals surface area contributed by atoms with E-state index in [-0.39, 0.29) is 5.78 Å². The van der Waals surface area contributed by atoms with Gasteiger partial charge in [-0.05, 0) is 36.6 Å². The summed E-state index contributed by atoms with van der Waals surface area (Å²) in [5, 5.41) is 0. The highest BCUT2D eigenvalue weighted by atomic mass is 16.5. The third-order valence-corrected chi connectivity index (χ3v) is 3.43. The molecule has 114 valence electrons. The van der Waals surface area contributed by atoms with E-state index in [4.69, 9.17) is 4.74 Å². The van der Waals surface area contributed by atoms with E-state index in [1.54, 1.807) is 6.92 Å². The van der Waals surface area contributed by atoms with Crippen molar-refractivity contribution in [3.05, 3.63) is 65.2 Å². The van der Waals surface area contributed by atoms with Gasteiger partial charge < -0.3 is 4.74 Å². The van der Waals surface area contributed by atoms with Gasteiger partial charge in [0.1, 0.15) is 5.75 Å². The van der Waals surface area contributed by atoms with Gasteiger partial charge in [-0.3, -0.25) is 4.79 Å². The first-order chi connectivity index (χ1) is 10.7. The van der Waals surface area contributed by atoms with E-state index in [1.165, 1.54) is 0 Å². The number of ketones is 1. The van der Waals surface area contributed by atoms with E-state index < -0.39 is 0 Å². The maximum atomic E-state index is 11.2. The zero-order valence-electron chi connectivity index (χ0n) is 13.2. The van der Waals surface area contributed by atoms with Gasteiger partial charge >= 0.3 is 0 Å². The second-order valence-electron chi connectivity index (χ2n) is 5.28. The highest BCUT2D eigenvalue weighted by molar-refractivity contribution is 5.94. The molecule has 0 aliphatic carbocycles. The predicted octanol–water partition coefficient (Wildman–Crippen LogP) is 5.24. The van der Waals surface area contributed by atoms with Crippen LogP contribution in [0.4, 0.5) is 0 Å². The Morgan fingerprint density at radius 2 is 1.50 bits per heavy atom. The molecule has 22 heavy (non-hydrogen) atoms. The molecule has 0 saturated heterocycles. The number of Topliss-reactive ketones (excluding diaryl/α,β-unsaturated/α-hetero) is 1. The zero-order valence-corrected chi connectivity index (χ0v) is 13.2. The number of ether oxygens (including phenoxy) is 1. The maximum absolute atomic E-state index is 11.2. The van der Waals surface area contributed by atoms with Crippen LogP contribution in [-0.2, 0) is 0 Å². The lowest BCUT2D eigenvalue weighted by atomic mass is 10.1. The maximum Gasteiger partial charge on any atom is 0.159 e. The summed E-state index contributed by atoms with van der Waals surface area (Å²) in [7, 11) is 0. The lowest BCUT2D eigenvalue weighted by Crippen LogP contribution is -1.95. The fourth-order valence-corrected chi connectivity index (χ4v) is 2.03. The number of hydrogen-bond acceptors (Lipinski definition) is 2. The molecule has 2 nitrogen and oxygen atoms in total. The van der Waals surface area contributed by atoms with E-state index in [1.807, 2.05) is 54.6 Å². The molecule has 0 amide bonds. The number of carbonyl (C=O) groups excluding carboxylic acids is 1. The van der Waals surface area contributed by atoms with Crippen LogP contribution in [0.3, 0.4) is 0 Å². The first kappa shape index (κ1) is 16.0. The molecule has 0 atom stereocenters. The van der Waals surface area contributed by atoms with Gasteiger partial charge in [0.25, 0.3) is 0 Å². The minimum absolute atomic E-state index is 0.0918. The van der Waals surface area contributed by atoms with Gasteiger partial charge in [0.15, 0.2) is 5.78 Å². The Labute approximate surface area is 132 Å². The van der Waals surface area contributed by atoms with Gasteiger partial charge in [0, 0.05) is 5.56 Å². The second kappa shape index (κ2) is 8.18. The Morgan fingerprint density at radius 3 is 2.00 bits per heavy atom. The van der Waals surface area contributed by atoms with Crippen LogP contribution < -0.4 is 4.74 Å². The monoisotopic (exact) mass is 294 g/mol. The third kappa shape index (κ3) is 4.88. The summed E-state index contributed by atoms with van der Waals surface area (Å²) in [4.78, 5) is 11.2. The van der Waals surface area contributed by atoms with E-state index in [9.17, 15) is 4.79 Å². The largest absolute Gasteiger partial charge is 0.494 e. The van der Waals surface area contributed by atoms with E-state index in [0.29, 0.717) is 0 Å². The summed E-state index contributed by atoms with van der Waals surface area (Å²) >= 11 is 0. The van der Waals surface area contributed by atoms with Crippen LogP contribution >= 0.6 is 0 Å². The molecule has 0 aliphatic rings. The number of hydrogen-bond donors (Lipinski definition) is 0. The first-order valence-electron chi connectivity index (χ1n) is 7.71. The summed E-state index contributed by atoms with van der Waals surface area (Å²) in [6.07, 6.45) is 6.32. The van der Waals surface area contributed by atoms with Gasteiger partial charge in [0.05, 0.1) is 6.61 Å². The standard InChI is InChI=1S/C20H22O2/c1-3-4-15-22-20-13-9-18(10-14-20)6-5-17-7-11-19(12-8-17)16(2)21/h5-14H,3-4,15H2,1-2H3/b6-5+. The quantitative estimate of drug-likeness (QED) is 0.396. The second-order valence-corrected chi connectivity index (χ2v) is 5.28. The predicted molar refractivity (Wildman–Crippen MR) is 92.2 cm³/mol. The van der Waals surface area contributed by atoms with Crippen molar-refractivity contribution in [2.45, 2.75) is 26.7 Å². The zero-order chi connectivity index (χ0) is 15.8. The summed E-state index contributed by atoms with van der Waals surface area (Å²) in [6, 6.07) is 15.7. The van der Waals surface area contributed by atoms with Crippen molar-refractivity contribution >= 4 is 17.9 Å². The Hall–Kier alpha value is -2.35. The molecule has 0 N–H and O–H groups in total. The molecule has 0 aliphatic heterocycles. The van der Waals surface area contributed by atoms with Crippen molar-refractivity contribution < 1.29 is 9.53 Å². The Morgan fingerprint density at radius 1 is 0.955 bits per heavy atom. The number of carbonyl (C=O) groups is 1. The molecule has 0 spiro atoms. The van der Waals surface area contributed by atoms with Crippen LogP contribution in [0.2, 0.25) is 0 Å². The molecule has 2 rings (SSSR count). The molecular formula is C20H22O2. The van der Waals surface area contributed by atoms with Gasteiger partial charge in [-0.1, -0.05) is 61.9 Å². The van der Waals surface area contributed by atoms with Crippen molar-refractivity contribution in [2.75, 3.05) is 6.61 Å². The molecule has 0 fully saturated rings. The Balaban J connectivity index is 1.96. The van der Waals surface area contributed by atoms with Crippen LogP contribution in [0, 0.1) is 0 Å². The van der Waals surface area contributed by atoms with Gasteiger partial charge in [-0.2, -0.15) is 0 Å². The number of unbranched alkanes of at least 4 members (excludes halogenated alkanes) is 1. The van der Waals surface area contributed by atoms with Gasteiger partial charge in [0.2, 0.25) is 0 Å². The third-order valence-electron chi connectivity index (χ3n) is 3.43. The van der Waals surface area contributed by atoms with Crippen LogP contribution in [0.5, 0.6) is 5.75 Å². The van der Waals surface area contributed by atoms with E-state index in [2.05, 4.69) is 13.0 Å². The highest BCUT2D eigenvalue weighted by Gasteiger charge is 1.97. The molecule has 0 aromatic heterocycles. The first-order valence-corrected chi connectivity index (χ1v) is 7.71. The highest BCUT2D eigenvalue weighted by Crippen LogP contribution is 2.15. The minimum Gasteiger partial charge on any atom is -0.494 e. The lowest BCUT2D eigenvalue weighted by Gasteiger charge is -2.05. The van der Waals surface area contributed by atoms with Crippen LogP contribution in [0.15, 0.2) is 48.5 Å². The molecular weight excluding hydrogens is 272 g/mol. The normalized spacial score (nSPS) is 10.8. The molecule has 0 radical (unpaired) electrons. The van der Waals surface area contributed by atoms with Gasteiger partial charge in [-0.15, -0.1) is 0 Å². The number of benzene rings is 2. The fraction of sp³-hybridized carbons (Fsp3) is 0.250. The van der Waals surface area contributed by atoms with Crippen LogP contribution in [-0.4, -0.2) is 12.4 Å². The van der Waals surface area contributed by atoms with Gasteiger partial charge in [-0.25, -0.2) is 0 Å². The molecule has 2 aromatic rings. The topological polar surface area (TPSA) is 26.3 Å². The van der Waals surface area contributed by atoms with Crippen LogP contribution in [0.25, 0.3) is 12.2 Å². The fourth-order valence-electron chi connectivity index (χ4n) is 2.03. The van der Waals surface area contributed by atoms with Crippen molar-refractivity contribution in [3.63, 3.8) is 0 Å². The Kier molecular flexibility index (Phi) is 5.96. The molecule has 0 bridgehead atoms. The van der Waals surface area contributed by atoms with E-state index >= 15 is 0 Å². The smallest absolute Gasteiger partial charge is 0.159 e. The SMILES string of the molecule is CCCCOc1ccc(/C=C/c2ccc(C(C)=O)cc2)cc1. The molecule has 2 aromatic carbocycles. The van der Waals surface area contributed by atoms with Crippen molar-refractivity contribution in [1.82, 2.24) is 0 Å². The summed E-state index contributed by atoms with van der Waals surface area (Å²) in [6.45, 7) is 4.50. The van der Waals surface area contributed by atoms with Crippen molar-refractivity contribution in [2.24, 2.45) is 0 Å². The van der Waals surface area contributed by atoms with Crippen LogP contribution in [0.1, 0.15) is 48.2 Å². The average Bonchev–Trinajstić information content (AvgIpc) is 2.55. The summed E-state index contributed by atoms with van der Waals surface area (Å²) in [5.41, 5.74) is 2.94. The van der Waals surface area contributed by atoms with Crippen molar-refractivity contribution in [3.8, 4) is 5.75 Å². The average molecular weight is 294 g/mol. The minimum atomic E-state index is 0.0918. The molecule has 0 saturated carbocycles. The molecule has 0 unspecified atom stereocenters. The summed E-state index contributed by atoms with van der Waals surface area (Å²) in [5.74, 6) is 1.01. The van der Waals surface area contributed by atoms with Crippen molar-refractivity contribution in [1.29, 1.82) is 0 Å². The Bertz CT molecular complexity index is 622. The molecule has 2 heteroatoms. The number of rotatable bonds is 7.